The summed E-state index contributed by atoms with van der Waals surface area (Å²) in [6, 6.07) is 0. The van der Waals surface area contributed by atoms with Crippen LogP contribution < -0.4 is 10.2 Å². The van der Waals surface area contributed by atoms with Crippen LogP contribution >= 0.6 is 0 Å². The lowest BCUT2D eigenvalue weighted by atomic mass is 9.82. The second-order valence-corrected chi connectivity index (χ2v) is 5.29. The summed E-state index contributed by atoms with van der Waals surface area (Å²) < 4.78 is 0. The van der Waals surface area contributed by atoms with Crippen molar-refractivity contribution in [1.82, 2.24) is 9.97 Å². The first-order valence-electron chi connectivity index (χ1n) is 6.99. The van der Waals surface area contributed by atoms with Crippen LogP contribution in [0.15, 0.2) is 6.20 Å². The van der Waals surface area contributed by atoms with Crippen molar-refractivity contribution in [2.45, 2.75) is 33.1 Å². The zero-order chi connectivity index (χ0) is 14.8. The highest BCUT2D eigenvalue weighted by Gasteiger charge is 2.38. The summed E-state index contributed by atoms with van der Waals surface area (Å²) in [6.07, 6.45) is 4.50. The lowest BCUT2D eigenvalue weighted by Crippen LogP contribution is -2.27. The smallest absolute Gasteiger partial charge is 0.329 e. The van der Waals surface area contributed by atoms with Crippen LogP contribution in [0.3, 0.4) is 0 Å². The summed E-state index contributed by atoms with van der Waals surface area (Å²) in [5, 5.41) is 14.0. The largest absolute Gasteiger partial charge is 0.357 e. The van der Waals surface area contributed by atoms with Crippen LogP contribution in [0.4, 0.5) is 17.5 Å². The van der Waals surface area contributed by atoms with E-state index in [4.69, 9.17) is 0 Å². The van der Waals surface area contributed by atoms with Gasteiger partial charge >= 0.3 is 5.69 Å². The Morgan fingerprint density at radius 3 is 2.70 bits per heavy atom. The lowest BCUT2D eigenvalue weighted by molar-refractivity contribution is -0.384. The molecule has 1 aliphatic rings. The van der Waals surface area contributed by atoms with Gasteiger partial charge in [-0.25, -0.2) is 4.98 Å². The number of anilines is 2. The molecule has 2 heterocycles. The molecule has 1 N–H and O–H groups in total. The van der Waals surface area contributed by atoms with Gasteiger partial charge in [0.1, 0.15) is 6.20 Å². The lowest BCUT2D eigenvalue weighted by Gasteiger charge is -2.26. The fourth-order valence-corrected chi connectivity index (χ4v) is 2.79. The summed E-state index contributed by atoms with van der Waals surface area (Å²) in [4.78, 5) is 21.0. The van der Waals surface area contributed by atoms with E-state index in [9.17, 15) is 10.1 Å². The number of hydrogen-bond donors (Lipinski definition) is 1. The predicted molar refractivity (Wildman–Crippen MR) is 78.1 cm³/mol. The average Bonchev–Trinajstić information content (AvgIpc) is 2.91. The molecule has 0 unspecified atom stereocenters. The highest BCUT2D eigenvalue weighted by atomic mass is 16.6. The highest BCUT2D eigenvalue weighted by Crippen LogP contribution is 2.40. The van der Waals surface area contributed by atoms with Gasteiger partial charge in [-0.15, -0.1) is 0 Å². The van der Waals surface area contributed by atoms with Gasteiger partial charge in [-0.1, -0.05) is 13.8 Å². The Balaban J connectivity index is 2.35. The number of aromatic nitrogens is 2. The van der Waals surface area contributed by atoms with Crippen molar-refractivity contribution in [1.29, 1.82) is 0 Å². The number of nitrogens with one attached hydrogen (secondary N) is 1. The van der Waals surface area contributed by atoms with Crippen LogP contribution in [0.25, 0.3) is 0 Å². The quantitative estimate of drug-likeness (QED) is 0.658. The summed E-state index contributed by atoms with van der Waals surface area (Å²) in [7, 11) is 1.71. The van der Waals surface area contributed by atoms with Crippen molar-refractivity contribution >= 4 is 17.5 Å². The van der Waals surface area contributed by atoms with Crippen molar-refractivity contribution in [2.24, 2.45) is 5.41 Å². The van der Waals surface area contributed by atoms with E-state index in [0.717, 1.165) is 32.4 Å². The van der Waals surface area contributed by atoms with Gasteiger partial charge in [-0.2, -0.15) is 4.98 Å². The fraction of sp³-hybridized carbons (Fsp3) is 0.692. The fourth-order valence-electron chi connectivity index (χ4n) is 2.79. The summed E-state index contributed by atoms with van der Waals surface area (Å²) in [6.45, 7) is 5.99. The predicted octanol–water partition coefficient (Wildman–Crippen LogP) is 2.44. The van der Waals surface area contributed by atoms with E-state index >= 15 is 0 Å². The minimum atomic E-state index is -0.410. The maximum atomic E-state index is 11.2. The molecule has 0 aromatic carbocycles. The molecule has 7 heteroatoms. The molecule has 0 spiro atoms. The first kappa shape index (κ1) is 14.5. The third-order valence-electron chi connectivity index (χ3n) is 4.41. The molecule has 1 fully saturated rings. The van der Waals surface area contributed by atoms with Crippen LogP contribution in [-0.4, -0.2) is 35.0 Å². The first-order chi connectivity index (χ1) is 9.55. The second-order valence-electron chi connectivity index (χ2n) is 5.29. The molecule has 1 aromatic heterocycles. The van der Waals surface area contributed by atoms with Gasteiger partial charge in [0.25, 0.3) is 0 Å². The Bertz CT molecular complexity index is 502. The maximum absolute atomic E-state index is 11.2. The molecular formula is C13H21N5O2. The molecule has 0 saturated carbocycles. The monoisotopic (exact) mass is 279 g/mol. The molecule has 0 atom stereocenters. The SMILES string of the molecule is CCC1(CC)CCN(c2nc(NC)ncc2[N+](=O)[O-])C1. The van der Waals surface area contributed by atoms with Gasteiger partial charge < -0.3 is 10.2 Å². The van der Waals surface area contributed by atoms with Crippen molar-refractivity contribution in [3.63, 3.8) is 0 Å². The Kier molecular flexibility index (Phi) is 4.06. The normalized spacial score (nSPS) is 17.2. The third kappa shape index (κ3) is 2.52. The molecule has 1 aliphatic heterocycles. The Hall–Kier alpha value is -1.92. The molecule has 20 heavy (non-hydrogen) atoms. The molecule has 110 valence electrons. The van der Waals surface area contributed by atoms with Crippen LogP contribution in [-0.2, 0) is 0 Å². The minimum absolute atomic E-state index is 0.0213. The van der Waals surface area contributed by atoms with Gasteiger partial charge in [-0.3, -0.25) is 10.1 Å². The highest BCUT2D eigenvalue weighted by molar-refractivity contribution is 5.59. The maximum Gasteiger partial charge on any atom is 0.329 e. The van der Waals surface area contributed by atoms with Crippen LogP contribution in [0.1, 0.15) is 33.1 Å². The molecule has 2 rings (SSSR count). The number of hydrogen-bond acceptors (Lipinski definition) is 6. The summed E-state index contributed by atoms with van der Waals surface area (Å²) >= 11 is 0. The van der Waals surface area contributed by atoms with Crippen LogP contribution in [0.2, 0.25) is 0 Å². The zero-order valence-electron chi connectivity index (χ0n) is 12.2. The zero-order valence-corrected chi connectivity index (χ0v) is 12.2. The standard InChI is InChI=1S/C13H21N5O2/c1-4-13(5-2)6-7-17(9-13)11-10(18(19)20)8-15-12(14-3)16-11/h8H,4-7,9H2,1-3H3,(H,14,15,16). The van der Waals surface area contributed by atoms with E-state index in [-0.39, 0.29) is 11.1 Å². The molecule has 7 nitrogen and oxygen atoms in total. The van der Waals surface area contributed by atoms with E-state index < -0.39 is 4.92 Å². The topological polar surface area (TPSA) is 84.2 Å². The van der Waals surface area contributed by atoms with Gasteiger partial charge in [-0.05, 0) is 24.7 Å². The number of nitrogens with zero attached hydrogens (tertiary/aromatic N) is 4. The van der Waals surface area contributed by atoms with E-state index in [2.05, 4.69) is 29.1 Å². The van der Waals surface area contributed by atoms with Crippen molar-refractivity contribution < 1.29 is 4.92 Å². The van der Waals surface area contributed by atoms with Crippen molar-refractivity contribution in [3.8, 4) is 0 Å². The van der Waals surface area contributed by atoms with E-state index in [0.29, 0.717) is 11.8 Å². The summed E-state index contributed by atoms with van der Waals surface area (Å²) in [5.74, 6) is 0.842. The van der Waals surface area contributed by atoms with E-state index in [1.165, 1.54) is 6.20 Å². The molecule has 1 saturated heterocycles. The van der Waals surface area contributed by atoms with Gasteiger partial charge in [0, 0.05) is 20.1 Å². The van der Waals surface area contributed by atoms with Gasteiger partial charge in [0.15, 0.2) is 0 Å². The Morgan fingerprint density at radius 2 is 2.20 bits per heavy atom. The molecule has 0 amide bonds. The van der Waals surface area contributed by atoms with Gasteiger partial charge in [0.05, 0.1) is 4.92 Å². The molecule has 1 aromatic rings. The summed E-state index contributed by atoms with van der Waals surface area (Å²) in [5.41, 5.74) is 0.227. The second kappa shape index (κ2) is 5.60. The van der Waals surface area contributed by atoms with Crippen molar-refractivity contribution in [3.05, 3.63) is 16.3 Å². The minimum Gasteiger partial charge on any atom is -0.357 e. The third-order valence-corrected chi connectivity index (χ3v) is 4.41. The molecular weight excluding hydrogens is 258 g/mol. The average molecular weight is 279 g/mol. The number of nitro groups is 1. The van der Waals surface area contributed by atoms with Crippen LogP contribution in [0, 0.1) is 15.5 Å². The first-order valence-corrected chi connectivity index (χ1v) is 6.99. The molecule has 0 aliphatic carbocycles. The van der Waals surface area contributed by atoms with E-state index in [1.807, 2.05) is 4.90 Å². The number of rotatable bonds is 5. The van der Waals surface area contributed by atoms with Crippen LogP contribution in [0.5, 0.6) is 0 Å². The van der Waals surface area contributed by atoms with Gasteiger partial charge in [0.2, 0.25) is 11.8 Å². The molecule has 0 bridgehead atoms. The van der Waals surface area contributed by atoms with Crippen molar-refractivity contribution in [2.75, 3.05) is 30.4 Å². The van der Waals surface area contributed by atoms with E-state index in [1.54, 1.807) is 7.05 Å². The molecule has 0 radical (unpaired) electrons. The Morgan fingerprint density at radius 1 is 1.50 bits per heavy atom. The Labute approximate surface area is 118 Å².